The number of likely N-dealkylation sites (tertiary alicyclic amines) is 1. The molecule has 1 fully saturated rings. The molecular weight excluding hydrogens is 584 g/mol. The lowest BCUT2D eigenvalue weighted by molar-refractivity contribution is -0.149. The molecule has 1 heterocycles. The number of amides is 2. The predicted octanol–water partition coefficient (Wildman–Crippen LogP) is 1.75. The summed E-state index contributed by atoms with van der Waals surface area (Å²) in [6.45, 7) is 6.52. The molecule has 1 aliphatic heterocycles. The standard InChI is InChI=1S/C32H46N4O9/c1-20(2)34-17-22(37)18-44-27-13-6-10-24-23(27)9-7-14-28(24)45-19-29(38)33-15-5-4-11-25(31(40)41)35-21(3)30(39)36-16-8-12-26(36)32(42)43/h6-7,9-10,13-14,20-22,25-26,34-35,37H,4-5,8,11-12,15-19H2,1-3H3,(H,33,38)(H,40,41)(H,42,43). The van der Waals surface area contributed by atoms with Crippen LogP contribution in [0.2, 0.25) is 0 Å². The van der Waals surface area contributed by atoms with Crippen LogP contribution >= 0.6 is 0 Å². The molecule has 1 aliphatic rings. The van der Waals surface area contributed by atoms with Gasteiger partial charge in [0.1, 0.15) is 36.3 Å². The van der Waals surface area contributed by atoms with Gasteiger partial charge < -0.3 is 40.3 Å². The van der Waals surface area contributed by atoms with Crippen LogP contribution in [0.15, 0.2) is 36.4 Å². The third kappa shape index (κ3) is 10.9. The fraction of sp³-hybridized carbons (Fsp3) is 0.562. The first-order valence-electron chi connectivity index (χ1n) is 15.5. The number of aliphatic hydroxyl groups excluding tert-OH is 1. The monoisotopic (exact) mass is 630 g/mol. The highest BCUT2D eigenvalue weighted by molar-refractivity contribution is 5.93. The fourth-order valence-electron chi connectivity index (χ4n) is 5.20. The molecule has 6 N–H and O–H groups in total. The molecule has 248 valence electrons. The van der Waals surface area contributed by atoms with E-state index in [1.165, 1.54) is 11.8 Å². The average Bonchev–Trinajstić information content (AvgIpc) is 3.51. The van der Waals surface area contributed by atoms with E-state index in [2.05, 4.69) is 16.0 Å². The summed E-state index contributed by atoms with van der Waals surface area (Å²) in [5, 5.41) is 39.5. The van der Waals surface area contributed by atoms with Gasteiger partial charge in [0.25, 0.3) is 5.91 Å². The highest BCUT2D eigenvalue weighted by Gasteiger charge is 2.36. The number of aliphatic hydroxyl groups is 1. The first-order valence-corrected chi connectivity index (χ1v) is 15.5. The maximum Gasteiger partial charge on any atom is 0.326 e. The normalized spacial score (nSPS) is 16.7. The molecular formula is C32H46N4O9. The molecule has 2 amide bonds. The molecule has 0 aliphatic carbocycles. The Hall–Kier alpha value is -3.94. The molecule has 45 heavy (non-hydrogen) atoms. The zero-order chi connectivity index (χ0) is 32.9. The van der Waals surface area contributed by atoms with Crippen LogP contribution in [0.4, 0.5) is 0 Å². The van der Waals surface area contributed by atoms with Gasteiger partial charge >= 0.3 is 11.9 Å². The van der Waals surface area contributed by atoms with E-state index >= 15 is 0 Å². The van der Waals surface area contributed by atoms with Gasteiger partial charge in [-0.2, -0.15) is 0 Å². The fourth-order valence-corrected chi connectivity index (χ4v) is 5.20. The van der Waals surface area contributed by atoms with E-state index in [4.69, 9.17) is 9.47 Å². The topological polar surface area (TPSA) is 187 Å². The van der Waals surface area contributed by atoms with Crippen molar-refractivity contribution in [3.05, 3.63) is 36.4 Å². The van der Waals surface area contributed by atoms with Crippen molar-refractivity contribution in [1.29, 1.82) is 0 Å². The van der Waals surface area contributed by atoms with Crippen LogP contribution < -0.4 is 25.4 Å². The third-order valence-corrected chi connectivity index (χ3v) is 7.58. The van der Waals surface area contributed by atoms with Crippen molar-refractivity contribution in [2.24, 2.45) is 0 Å². The minimum Gasteiger partial charge on any atom is -0.490 e. The molecule has 4 unspecified atom stereocenters. The number of unbranched alkanes of at least 4 members (excludes halogenated alkanes) is 1. The van der Waals surface area contributed by atoms with Gasteiger partial charge in [0.15, 0.2) is 6.61 Å². The summed E-state index contributed by atoms with van der Waals surface area (Å²) in [7, 11) is 0. The lowest BCUT2D eigenvalue weighted by atomic mass is 10.1. The number of nitrogens with zero attached hydrogens (tertiary/aromatic N) is 1. The van der Waals surface area contributed by atoms with Gasteiger partial charge in [-0.1, -0.05) is 38.1 Å². The summed E-state index contributed by atoms with van der Waals surface area (Å²) in [6, 6.07) is 8.47. The second kappa shape index (κ2) is 17.5. The number of aliphatic carboxylic acids is 2. The first-order chi connectivity index (χ1) is 21.5. The van der Waals surface area contributed by atoms with E-state index in [1.54, 1.807) is 12.1 Å². The summed E-state index contributed by atoms with van der Waals surface area (Å²) in [6.07, 6.45) is 1.52. The smallest absolute Gasteiger partial charge is 0.326 e. The quantitative estimate of drug-likeness (QED) is 0.124. The van der Waals surface area contributed by atoms with Gasteiger partial charge in [0.2, 0.25) is 5.91 Å². The van der Waals surface area contributed by atoms with Crippen molar-refractivity contribution in [2.75, 3.05) is 32.8 Å². The molecule has 13 heteroatoms. The summed E-state index contributed by atoms with van der Waals surface area (Å²) >= 11 is 0. The molecule has 4 atom stereocenters. The molecule has 0 aromatic heterocycles. The predicted molar refractivity (Wildman–Crippen MR) is 167 cm³/mol. The van der Waals surface area contributed by atoms with Gasteiger partial charge in [0.05, 0.1) is 6.04 Å². The van der Waals surface area contributed by atoms with E-state index in [0.29, 0.717) is 56.8 Å². The van der Waals surface area contributed by atoms with E-state index in [0.717, 1.165) is 10.8 Å². The zero-order valence-electron chi connectivity index (χ0n) is 26.2. The molecule has 0 spiro atoms. The van der Waals surface area contributed by atoms with Crippen LogP contribution in [0.25, 0.3) is 10.8 Å². The Morgan fingerprint density at radius 3 is 2.27 bits per heavy atom. The van der Waals surface area contributed by atoms with Crippen molar-refractivity contribution >= 4 is 34.5 Å². The number of nitrogens with one attached hydrogen (secondary N) is 3. The second-order valence-corrected chi connectivity index (χ2v) is 11.6. The molecule has 0 radical (unpaired) electrons. The van der Waals surface area contributed by atoms with Crippen molar-refractivity contribution < 1.29 is 44.0 Å². The zero-order valence-corrected chi connectivity index (χ0v) is 26.2. The molecule has 2 aromatic carbocycles. The number of benzene rings is 2. The third-order valence-electron chi connectivity index (χ3n) is 7.58. The van der Waals surface area contributed by atoms with Crippen LogP contribution in [0.5, 0.6) is 11.5 Å². The number of carbonyl (C=O) groups is 4. The molecule has 1 saturated heterocycles. The highest BCUT2D eigenvalue weighted by Crippen LogP contribution is 2.32. The maximum absolute atomic E-state index is 12.7. The van der Waals surface area contributed by atoms with Crippen molar-refractivity contribution in [2.45, 2.75) is 83.1 Å². The van der Waals surface area contributed by atoms with Crippen molar-refractivity contribution in [3.8, 4) is 11.5 Å². The Balaban J connectivity index is 1.41. The Kier molecular flexibility index (Phi) is 13.8. The molecule has 0 saturated carbocycles. The van der Waals surface area contributed by atoms with Crippen molar-refractivity contribution in [3.63, 3.8) is 0 Å². The highest BCUT2D eigenvalue weighted by atomic mass is 16.5. The number of hydrogen-bond acceptors (Lipinski definition) is 9. The summed E-state index contributed by atoms with van der Waals surface area (Å²) in [5.74, 6) is -1.81. The number of carboxylic acids is 2. The van der Waals surface area contributed by atoms with Gasteiger partial charge in [-0.25, -0.2) is 4.79 Å². The van der Waals surface area contributed by atoms with Crippen molar-refractivity contribution in [1.82, 2.24) is 20.9 Å². The van der Waals surface area contributed by atoms with Crippen LogP contribution in [-0.4, -0.2) is 107 Å². The van der Waals surface area contributed by atoms with E-state index in [9.17, 15) is 34.5 Å². The van der Waals surface area contributed by atoms with Crippen LogP contribution in [0.3, 0.4) is 0 Å². The summed E-state index contributed by atoms with van der Waals surface area (Å²) < 4.78 is 11.7. The number of carboxylic acid groups (broad SMARTS) is 2. The van der Waals surface area contributed by atoms with Gasteiger partial charge in [-0.15, -0.1) is 0 Å². The van der Waals surface area contributed by atoms with Crippen LogP contribution in [-0.2, 0) is 19.2 Å². The van der Waals surface area contributed by atoms with Crippen LogP contribution in [0, 0.1) is 0 Å². The van der Waals surface area contributed by atoms with E-state index in [1.807, 2.05) is 38.1 Å². The van der Waals surface area contributed by atoms with E-state index in [-0.39, 0.29) is 31.6 Å². The maximum atomic E-state index is 12.7. The Morgan fingerprint density at radius 2 is 1.64 bits per heavy atom. The summed E-state index contributed by atoms with van der Waals surface area (Å²) in [4.78, 5) is 49.7. The van der Waals surface area contributed by atoms with Crippen LogP contribution in [0.1, 0.15) is 52.9 Å². The molecule has 2 aromatic rings. The second-order valence-electron chi connectivity index (χ2n) is 11.6. The van der Waals surface area contributed by atoms with E-state index < -0.39 is 42.1 Å². The lowest BCUT2D eigenvalue weighted by Crippen LogP contribution is -2.53. The SMILES string of the molecule is CC(C)NCC(O)COc1cccc2c(OCC(=O)NCCCCC(NC(C)C(=O)N3CCCC3C(=O)O)C(=O)O)cccc12. The number of ether oxygens (including phenoxy) is 2. The number of fused-ring (bicyclic) bond motifs is 1. The number of hydrogen-bond donors (Lipinski definition) is 6. The molecule has 0 bridgehead atoms. The Bertz CT molecular complexity index is 1300. The Labute approximate surface area is 263 Å². The van der Waals surface area contributed by atoms with Gasteiger partial charge in [-0.3, -0.25) is 19.7 Å². The lowest BCUT2D eigenvalue weighted by Gasteiger charge is -2.27. The minimum absolute atomic E-state index is 0.124. The molecule has 3 rings (SSSR count). The minimum atomic E-state index is -1.11. The average molecular weight is 631 g/mol. The number of rotatable bonds is 19. The number of carbonyl (C=O) groups excluding carboxylic acids is 2. The van der Waals surface area contributed by atoms with Gasteiger partial charge in [-0.05, 0) is 51.2 Å². The molecule has 13 nitrogen and oxygen atoms in total. The Morgan fingerprint density at radius 1 is 0.978 bits per heavy atom. The summed E-state index contributed by atoms with van der Waals surface area (Å²) in [5.41, 5.74) is 0. The first kappa shape index (κ1) is 35.5. The largest absolute Gasteiger partial charge is 0.490 e. The van der Waals surface area contributed by atoms with Gasteiger partial charge in [0, 0.05) is 36.4 Å².